The Morgan fingerprint density at radius 2 is 1.50 bits per heavy atom. The molecular weight excluding hydrogens is 304 g/mol. The number of nitrogens with one attached hydrogen (secondary N) is 1. The van der Waals surface area contributed by atoms with Gasteiger partial charge in [-0.25, -0.2) is 0 Å². The fraction of sp³-hybridized carbons (Fsp3) is 0.0526. The Kier molecular flexibility index (Phi) is 5.52. The molecular formula is C19H18N2O3. The van der Waals surface area contributed by atoms with Gasteiger partial charge >= 0.3 is 0 Å². The number of furan rings is 1. The molecule has 0 atom stereocenters. The van der Waals surface area contributed by atoms with Crippen molar-refractivity contribution in [3.63, 3.8) is 0 Å². The molecule has 0 aliphatic heterocycles. The minimum atomic E-state index is -0.833. The van der Waals surface area contributed by atoms with E-state index in [1.807, 2.05) is 66.7 Å². The van der Waals surface area contributed by atoms with Crippen LogP contribution in [-0.2, 0) is 4.79 Å². The molecule has 0 bridgehead atoms. The molecule has 122 valence electrons. The van der Waals surface area contributed by atoms with Crippen LogP contribution >= 0.6 is 0 Å². The van der Waals surface area contributed by atoms with Crippen LogP contribution in [-0.4, -0.2) is 16.9 Å². The van der Waals surface area contributed by atoms with Crippen LogP contribution in [0.25, 0.3) is 22.6 Å². The number of amidine groups is 1. The highest BCUT2D eigenvalue weighted by atomic mass is 16.4. The summed E-state index contributed by atoms with van der Waals surface area (Å²) in [6, 6.07) is 21.3. The van der Waals surface area contributed by atoms with E-state index in [1.165, 1.54) is 0 Å². The van der Waals surface area contributed by atoms with Crippen molar-refractivity contribution in [1.29, 1.82) is 5.41 Å². The van der Waals surface area contributed by atoms with Crippen molar-refractivity contribution in [2.24, 2.45) is 5.73 Å². The third-order valence-electron chi connectivity index (χ3n) is 3.12. The molecule has 0 fully saturated rings. The van der Waals surface area contributed by atoms with Gasteiger partial charge in [-0.2, -0.15) is 0 Å². The molecule has 0 aliphatic carbocycles. The summed E-state index contributed by atoms with van der Waals surface area (Å²) in [7, 11) is 0. The van der Waals surface area contributed by atoms with Crippen LogP contribution in [0.1, 0.15) is 12.5 Å². The van der Waals surface area contributed by atoms with Crippen LogP contribution in [0.4, 0.5) is 0 Å². The van der Waals surface area contributed by atoms with Gasteiger partial charge in [-0.15, -0.1) is 0 Å². The number of nitrogens with two attached hydrogens (primary N) is 1. The lowest BCUT2D eigenvalue weighted by Crippen LogP contribution is -2.10. The van der Waals surface area contributed by atoms with Gasteiger partial charge in [-0.1, -0.05) is 48.5 Å². The molecule has 3 rings (SSSR count). The maximum Gasteiger partial charge on any atom is 0.300 e. The van der Waals surface area contributed by atoms with Gasteiger partial charge in [-0.3, -0.25) is 10.2 Å². The number of nitrogen functional groups attached to an aromatic ring is 1. The van der Waals surface area contributed by atoms with Gasteiger partial charge in [0.25, 0.3) is 5.97 Å². The van der Waals surface area contributed by atoms with Crippen molar-refractivity contribution in [1.82, 2.24) is 0 Å². The summed E-state index contributed by atoms with van der Waals surface area (Å²) in [5, 5.41) is 14.9. The summed E-state index contributed by atoms with van der Waals surface area (Å²) in [4.78, 5) is 9.00. The smallest absolute Gasteiger partial charge is 0.300 e. The Bertz CT molecular complexity index is 835. The highest BCUT2D eigenvalue weighted by molar-refractivity contribution is 5.96. The van der Waals surface area contributed by atoms with E-state index < -0.39 is 5.97 Å². The summed E-state index contributed by atoms with van der Waals surface area (Å²) in [6.07, 6.45) is 0. The Morgan fingerprint density at radius 1 is 0.958 bits per heavy atom. The molecule has 1 heterocycles. The van der Waals surface area contributed by atoms with Crippen molar-refractivity contribution >= 4 is 11.8 Å². The second-order valence-corrected chi connectivity index (χ2v) is 5.04. The third kappa shape index (κ3) is 4.58. The van der Waals surface area contributed by atoms with Gasteiger partial charge in [0.15, 0.2) is 0 Å². The molecule has 24 heavy (non-hydrogen) atoms. The van der Waals surface area contributed by atoms with E-state index in [4.69, 9.17) is 25.5 Å². The van der Waals surface area contributed by atoms with Gasteiger partial charge in [0, 0.05) is 23.6 Å². The lowest BCUT2D eigenvalue weighted by atomic mass is 10.1. The van der Waals surface area contributed by atoms with Crippen LogP contribution in [0.15, 0.2) is 71.1 Å². The molecule has 0 aliphatic rings. The van der Waals surface area contributed by atoms with E-state index in [0.29, 0.717) is 5.56 Å². The summed E-state index contributed by atoms with van der Waals surface area (Å²) in [5.74, 6) is 0.822. The molecule has 1 aromatic heterocycles. The molecule has 3 aromatic rings. The second kappa shape index (κ2) is 7.78. The van der Waals surface area contributed by atoms with Crippen molar-refractivity contribution in [3.05, 3.63) is 72.3 Å². The molecule has 2 aromatic carbocycles. The van der Waals surface area contributed by atoms with Gasteiger partial charge in [0.05, 0.1) is 0 Å². The van der Waals surface area contributed by atoms with E-state index in [2.05, 4.69) is 0 Å². The number of benzene rings is 2. The first-order valence-corrected chi connectivity index (χ1v) is 7.27. The second-order valence-electron chi connectivity index (χ2n) is 5.04. The number of carbonyl (C=O) groups is 1. The van der Waals surface area contributed by atoms with E-state index >= 15 is 0 Å². The molecule has 5 nitrogen and oxygen atoms in total. The average molecular weight is 322 g/mol. The van der Waals surface area contributed by atoms with E-state index in [-0.39, 0.29) is 5.84 Å². The minimum Gasteiger partial charge on any atom is -0.481 e. The van der Waals surface area contributed by atoms with Crippen molar-refractivity contribution in [3.8, 4) is 22.6 Å². The van der Waals surface area contributed by atoms with Gasteiger partial charge in [0.1, 0.15) is 17.4 Å². The van der Waals surface area contributed by atoms with E-state index in [1.54, 1.807) is 0 Å². The number of hydrogen-bond donors (Lipinski definition) is 3. The average Bonchev–Trinajstić information content (AvgIpc) is 3.05. The highest BCUT2D eigenvalue weighted by Crippen LogP contribution is 2.28. The van der Waals surface area contributed by atoms with Gasteiger partial charge in [0.2, 0.25) is 0 Å². The molecule has 0 saturated heterocycles. The van der Waals surface area contributed by atoms with Crippen LogP contribution in [0.3, 0.4) is 0 Å². The highest BCUT2D eigenvalue weighted by Gasteiger charge is 2.07. The zero-order valence-electron chi connectivity index (χ0n) is 13.2. The standard InChI is InChI=1S/C17H14N2O.C2H4O2/c18-17(19)14-8-4-7-13(11-14)16-10-9-15(20-16)12-5-2-1-3-6-12;1-2(3)4/h1-11H,(H3,18,19);1H3,(H,3,4). The van der Waals surface area contributed by atoms with Crippen molar-refractivity contribution < 1.29 is 14.3 Å². The first-order chi connectivity index (χ1) is 11.5. The Labute approximate surface area is 139 Å². The SMILES string of the molecule is CC(=O)O.N=C(N)c1cccc(-c2ccc(-c3ccccc3)o2)c1. The first kappa shape index (κ1) is 17.0. The number of hydrogen-bond acceptors (Lipinski definition) is 3. The molecule has 5 heteroatoms. The molecule has 0 amide bonds. The Balaban J connectivity index is 0.000000471. The zero-order chi connectivity index (χ0) is 17.5. The molecule has 0 spiro atoms. The minimum absolute atomic E-state index is 0.0571. The fourth-order valence-electron chi connectivity index (χ4n) is 2.09. The van der Waals surface area contributed by atoms with E-state index in [0.717, 1.165) is 29.6 Å². The zero-order valence-corrected chi connectivity index (χ0v) is 13.2. The predicted octanol–water partition coefficient (Wildman–Crippen LogP) is 3.99. The summed E-state index contributed by atoms with van der Waals surface area (Å²) < 4.78 is 5.88. The largest absolute Gasteiger partial charge is 0.481 e. The molecule has 0 saturated carbocycles. The molecule has 0 radical (unpaired) electrons. The number of aliphatic carboxylic acids is 1. The first-order valence-electron chi connectivity index (χ1n) is 7.27. The Hall–Kier alpha value is -3.34. The molecule has 4 N–H and O–H groups in total. The monoisotopic (exact) mass is 322 g/mol. The Morgan fingerprint density at radius 3 is 2.08 bits per heavy atom. The summed E-state index contributed by atoms with van der Waals surface area (Å²) in [5.41, 5.74) is 8.16. The van der Waals surface area contributed by atoms with Crippen molar-refractivity contribution in [2.75, 3.05) is 0 Å². The van der Waals surface area contributed by atoms with Crippen molar-refractivity contribution in [2.45, 2.75) is 6.92 Å². The van der Waals surface area contributed by atoms with Gasteiger partial charge < -0.3 is 15.3 Å². The number of carboxylic acid groups (broad SMARTS) is 1. The van der Waals surface area contributed by atoms with Crippen LogP contribution in [0.2, 0.25) is 0 Å². The predicted molar refractivity (Wildman–Crippen MR) is 93.9 cm³/mol. The summed E-state index contributed by atoms with van der Waals surface area (Å²) >= 11 is 0. The molecule has 0 unspecified atom stereocenters. The maximum absolute atomic E-state index is 9.00. The number of carboxylic acids is 1. The summed E-state index contributed by atoms with van der Waals surface area (Å²) in [6.45, 7) is 1.08. The number of rotatable bonds is 3. The lowest BCUT2D eigenvalue weighted by Gasteiger charge is -2.01. The van der Waals surface area contributed by atoms with Crippen LogP contribution < -0.4 is 5.73 Å². The van der Waals surface area contributed by atoms with Crippen LogP contribution in [0.5, 0.6) is 0 Å². The fourth-order valence-corrected chi connectivity index (χ4v) is 2.09. The lowest BCUT2D eigenvalue weighted by molar-refractivity contribution is -0.134. The van der Waals surface area contributed by atoms with Gasteiger partial charge in [-0.05, 0) is 18.2 Å². The quantitative estimate of drug-likeness (QED) is 0.501. The third-order valence-corrected chi connectivity index (χ3v) is 3.12. The van der Waals surface area contributed by atoms with E-state index in [9.17, 15) is 0 Å². The van der Waals surface area contributed by atoms with Crippen LogP contribution in [0, 0.1) is 5.41 Å². The topological polar surface area (TPSA) is 100 Å². The normalized spacial score (nSPS) is 9.71. The maximum atomic E-state index is 9.00.